The fourth-order valence-corrected chi connectivity index (χ4v) is 4.00. The lowest BCUT2D eigenvalue weighted by Gasteiger charge is -2.22. The fraction of sp³-hybridized carbons (Fsp3) is 0.333. The summed E-state index contributed by atoms with van der Waals surface area (Å²) in [7, 11) is 0. The highest BCUT2D eigenvalue weighted by Gasteiger charge is 2.22. The van der Waals surface area contributed by atoms with E-state index in [1.165, 1.54) is 5.56 Å². The monoisotopic (exact) mass is 417 g/mol. The van der Waals surface area contributed by atoms with Crippen LogP contribution in [-0.4, -0.2) is 53.7 Å². The predicted molar refractivity (Wildman–Crippen MR) is 115 cm³/mol. The number of aryl methyl sites for hydroxylation is 1. The zero-order valence-electron chi connectivity index (χ0n) is 15.9. The van der Waals surface area contributed by atoms with E-state index in [-0.39, 0.29) is 11.9 Å². The molecule has 0 unspecified atom stereocenters. The first kappa shape index (κ1) is 20.6. The van der Waals surface area contributed by atoms with Crippen LogP contribution in [0.4, 0.5) is 10.5 Å². The molecule has 0 radical (unpaired) electrons. The first-order valence-corrected chi connectivity index (χ1v) is 10.7. The van der Waals surface area contributed by atoms with E-state index < -0.39 is 0 Å². The van der Waals surface area contributed by atoms with Gasteiger partial charge in [0, 0.05) is 41.8 Å². The first-order valence-electron chi connectivity index (χ1n) is 9.30. The van der Waals surface area contributed by atoms with Crippen molar-refractivity contribution in [3.8, 4) is 0 Å². The van der Waals surface area contributed by atoms with Crippen LogP contribution >= 0.6 is 23.4 Å². The van der Waals surface area contributed by atoms with Gasteiger partial charge in [0.05, 0.1) is 5.75 Å². The van der Waals surface area contributed by atoms with Crippen molar-refractivity contribution in [2.24, 2.45) is 0 Å². The van der Waals surface area contributed by atoms with Crippen LogP contribution in [0.1, 0.15) is 12.0 Å². The predicted octanol–water partition coefficient (Wildman–Crippen LogP) is 4.51. The molecule has 2 aromatic rings. The summed E-state index contributed by atoms with van der Waals surface area (Å²) in [5, 5.41) is 3.45. The van der Waals surface area contributed by atoms with Crippen molar-refractivity contribution in [3.63, 3.8) is 0 Å². The molecule has 0 bridgehead atoms. The van der Waals surface area contributed by atoms with Crippen LogP contribution in [0.15, 0.2) is 53.4 Å². The van der Waals surface area contributed by atoms with Gasteiger partial charge < -0.3 is 15.1 Å². The van der Waals surface area contributed by atoms with E-state index in [2.05, 4.69) is 17.4 Å². The minimum Gasteiger partial charge on any atom is -0.340 e. The molecule has 1 saturated heterocycles. The molecule has 1 aliphatic rings. The Bertz CT molecular complexity index is 829. The van der Waals surface area contributed by atoms with Gasteiger partial charge in [-0.25, -0.2) is 4.79 Å². The number of thioether (sulfide) groups is 1. The summed E-state index contributed by atoms with van der Waals surface area (Å²) in [5.74, 6) is 0.528. The summed E-state index contributed by atoms with van der Waals surface area (Å²) in [6, 6.07) is 15.1. The second kappa shape index (κ2) is 9.85. The summed E-state index contributed by atoms with van der Waals surface area (Å²) in [6.07, 6.45) is 0.768. The van der Waals surface area contributed by atoms with Gasteiger partial charge in [0.2, 0.25) is 5.91 Å². The van der Waals surface area contributed by atoms with E-state index in [1.807, 2.05) is 24.0 Å². The standard InChI is InChI=1S/C21H24ClN3O2S/c1-16-6-8-19(9-7-16)28-15-20(26)24-10-3-11-25(13-12-24)21(27)23-18-5-2-4-17(22)14-18/h2,4-9,14H,3,10-13,15H2,1H3,(H,23,27). The van der Waals surface area contributed by atoms with E-state index in [1.54, 1.807) is 40.9 Å². The molecule has 1 N–H and O–H groups in total. The normalized spacial score (nSPS) is 14.5. The van der Waals surface area contributed by atoms with Gasteiger partial charge in [-0.15, -0.1) is 11.8 Å². The van der Waals surface area contributed by atoms with Gasteiger partial charge in [-0.2, -0.15) is 0 Å². The number of benzene rings is 2. The number of carbonyl (C=O) groups excluding carboxylic acids is 2. The van der Waals surface area contributed by atoms with E-state index in [0.29, 0.717) is 42.6 Å². The molecule has 0 atom stereocenters. The van der Waals surface area contributed by atoms with Crippen molar-refractivity contribution in [3.05, 3.63) is 59.1 Å². The van der Waals surface area contributed by atoms with Crippen molar-refractivity contribution in [1.82, 2.24) is 9.80 Å². The molecule has 5 nitrogen and oxygen atoms in total. The van der Waals surface area contributed by atoms with Gasteiger partial charge >= 0.3 is 6.03 Å². The van der Waals surface area contributed by atoms with Gasteiger partial charge in [0.1, 0.15) is 0 Å². The maximum absolute atomic E-state index is 12.6. The number of anilines is 1. The van der Waals surface area contributed by atoms with Crippen LogP contribution in [0, 0.1) is 6.92 Å². The summed E-state index contributed by atoms with van der Waals surface area (Å²) in [6.45, 7) is 4.42. The number of hydrogen-bond acceptors (Lipinski definition) is 3. The Morgan fingerprint density at radius 1 is 1.04 bits per heavy atom. The molecule has 1 heterocycles. The maximum atomic E-state index is 12.6. The second-order valence-corrected chi connectivity index (χ2v) is 8.25. The van der Waals surface area contributed by atoms with Gasteiger partial charge in [-0.05, 0) is 43.7 Å². The number of halogens is 1. The molecule has 1 fully saturated rings. The van der Waals surface area contributed by atoms with E-state index in [0.717, 1.165) is 11.3 Å². The summed E-state index contributed by atoms with van der Waals surface area (Å²) in [5.41, 5.74) is 1.88. The molecule has 0 aromatic heterocycles. The van der Waals surface area contributed by atoms with Crippen molar-refractivity contribution < 1.29 is 9.59 Å². The lowest BCUT2D eigenvalue weighted by atomic mass is 10.2. The molecule has 0 aliphatic carbocycles. The lowest BCUT2D eigenvalue weighted by Crippen LogP contribution is -2.39. The Morgan fingerprint density at radius 3 is 2.50 bits per heavy atom. The Balaban J connectivity index is 1.48. The highest BCUT2D eigenvalue weighted by molar-refractivity contribution is 8.00. The Hall–Kier alpha value is -2.18. The topological polar surface area (TPSA) is 52.7 Å². The number of urea groups is 1. The Morgan fingerprint density at radius 2 is 1.75 bits per heavy atom. The van der Waals surface area contributed by atoms with E-state index in [4.69, 9.17) is 11.6 Å². The maximum Gasteiger partial charge on any atom is 0.321 e. The number of nitrogens with one attached hydrogen (secondary N) is 1. The van der Waals surface area contributed by atoms with Crippen molar-refractivity contribution >= 4 is 41.0 Å². The minimum absolute atomic E-state index is 0.114. The molecule has 148 valence electrons. The Kier molecular flexibility index (Phi) is 7.23. The van der Waals surface area contributed by atoms with Gasteiger partial charge in [0.25, 0.3) is 0 Å². The number of amides is 3. The SMILES string of the molecule is Cc1ccc(SCC(=O)N2CCCN(C(=O)Nc3cccc(Cl)c3)CC2)cc1. The van der Waals surface area contributed by atoms with Gasteiger partial charge in [-0.1, -0.05) is 35.4 Å². The average molecular weight is 418 g/mol. The molecular formula is C21H24ClN3O2S. The molecule has 3 rings (SSSR count). The molecule has 2 aromatic carbocycles. The van der Waals surface area contributed by atoms with Crippen LogP contribution in [0.25, 0.3) is 0 Å². The largest absolute Gasteiger partial charge is 0.340 e. The number of rotatable bonds is 4. The molecule has 3 amide bonds. The van der Waals surface area contributed by atoms with E-state index >= 15 is 0 Å². The third-order valence-electron chi connectivity index (χ3n) is 4.59. The molecule has 0 spiro atoms. The third kappa shape index (κ3) is 5.91. The minimum atomic E-state index is -0.161. The average Bonchev–Trinajstić information content (AvgIpc) is 2.94. The molecule has 0 saturated carbocycles. The number of carbonyl (C=O) groups is 2. The van der Waals surface area contributed by atoms with Crippen LogP contribution in [0.2, 0.25) is 5.02 Å². The van der Waals surface area contributed by atoms with Crippen molar-refractivity contribution in [2.45, 2.75) is 18.2 Å². The van der Waals surface area contributed by atoms with Crippen LogP contribution in [0.3, 0.4) is 0 Å². The number of hydrogen-bond donors (Lipinski definition) is 1. The van der Waals surface area contributed by atoms with Crippen molar-refractivity contribution in [2.75, 3.05) is 37.2 Å². The highest BCUT2D eigenvalue weighted by atomic mass is 35.5. The number of nitrogens with zero attached hydrogens (tertiary/aromatic N) is 2. The van der Waals surface area contributed by atoms with Crippen LogP contribution in [0.5, 0.6) is 0 Å². The summed E-state index contributed by atoms with van der Waals surface area (Å²) >= 11 is 7.52. The highest BCUT2D eigenvalue weighted by Crippen LogP contribution is 2.19. The molecule has 7 heteroatoms. The third-order valence-corrected chi connectivity index (χ3v) is 5.83. The zero-order valence-corrected chi connectivity index (χ0v) is 17.4. The van der Waals surface area contributed by atoms with Crippen molar-refractivity contribution in [1.29, 1.82) is 0 Å². The summed E-state index contributed by atoms with van der Waals surface area (Å²) in [4.78, 5) is 29.8. The van der Waals surface area contributed by atoms with Crippen LogP contribution in [-0.2, 0) is 4.79 Å². The Labute approximate surface area is 175 Å². The van der Waals surface area contributed by atoms with Crippen LogP contribution < -0.4 is 5.32 Å². The smallest absolute Gasteiger partial charge is 0.321 e. The first-order chi connectivity index (χ1) is 13.5. The molecule has 28 heavy (non-hydrogen) atoms. The van der Waals surface area contributed by atoms with Gasteiger partial charge in [0.15, 0.2) is 0 Å². The quantitative estimate of drug-likeness (QED) is 0.745. The molecular weight excluding hydrogens is 394 g/mol. The molecule has 1 aliphatic heterocycles. The fourth-order valence-electron chi connectivity index (χ4n) is 3.01. The zero-order chi connectivity index (χ0) is 19.9. The van der Waals surface area contributed by atoms with E-state index in [9.17, 15) is 9.59 Å². The van der Waals surface area contributed by atoms with Gasteiger partial charge in [-0.3, -0.25) is 4.79 Å². The summed E-state index contributed by atoms with van der Waals surface area (Å²) < 4.78 is 0. The second-order valence-electron chi connectivity index (χ2n) is 6.76. The lowest BCUT2D eigenvalue weighted by molar-refractivity contribution is -0.128.